The standard InChI is InChI=1S/C14H16N2O/c1-9-5-11(17)6-12-13(8-16-14(9)12)10-3-2-4-15-7-10/h3,5-6,8,15-17H,2,4,7H2,1H3. The van der Waals surface area contributed by atoms with Crippen molar-refractivity contribution in [3.8, 4) is 5.75 Å². The number of phenolic OH excluding ortho intramolecular Hbond substituents is 1. The second-order valence-corrected chi connectivity index (χ2v) is 4.58. The van der Waals surface area contributed by atoms with Crippen LogP contribution in [-0.4, -0.2) is 23.2 Å². The fraction of sp³-hybridized carbons (Fsp3) is 0.286. The van der Waals surface area contributed by atoms with Gasteiger partial charge < -0.3 is 15.4 Å². The molecule has 0 unspecified atom stereocenters. The molecule has 17 heavy (non-hydrogen) atoms. The number of phenols is 1. The molecule has 2 heterocycles. The van der Waals surface area contributed by atoms with Crippen LogP contribution in [0, 0.1) is 6.92 Å². The lowest BCUT2D eigenvalue weighted by molar-refractivity contribution is 0.476. The van der Waals surface area contributed by atoms with Crippen LogP contribution in [0.2, 0.25) is 0 Å². The number of benzene rings is 1. The molecule has 1 aliphatic rings. The Labute approximate surface area is 100 Å². The van der Waals surface area contributed by atoms with Crippen molar-refractivity contribution in [1.82, 2.24) is 10.3 Å². The second kappa shape index (κ2) is 3.93. The third kappa shape index (κ3) is 1.72. The first-order chi connectivity index (χ1) is 8.25. The van der Waals surface area contributed by atoms with Crippen molar-refractivity contribution < 1.29 is 5.11 Å². The van der Waals surface area contributed by atoms with Crippen LogP contribution in [0.3, 0.4) is 0 Å². The van der Waals surface area contributed by atoms with Crippen molar-refractivity contribution in [3.05, 3.63) is 35.5 Å². The maximum atomic E-state index is 9.70. The summed E-state index contributed by atoms with van der Waals surface area (Å²) in [6.07, 6.45) is 5.38. The van der Waals surface area contributed by atoms with Crippen molar-refractivity contribution in [2.45, 2.75) is 13.3 Å². The van der Waals surface area contributed by atoms with Crippen LogP contribution < -0.4 is 5.32 Å². The van der Waals surface area contributed by atoms with Gasteiger partial charge in [-0.2, -0.15) is 0 Å². The molecule has 0 atom stereocenters. The number of fused-ring (bicyclic) bond motifs is 1. The predicted molar refractivity (Wildman–Crippen MR) is 70.2 cm³/mol. The van der Waals surface area contributed by atoms with Gasteiger partial charge >= 0.3 is 0 Å². The van der Waals surface area contributed by atoms with Crippen LogP contribution >= 0.6 is 0 Å². The van der Waals surface area contributed by atoms with E-state index in [1.54, 1.807) is 6.07 Å². The summed E-state index contributed by atoms with van der Waals surface area (Å²) in [5, 5.41) is 14.2. The predicted octanol–water partition coefficient (Wildman–Crippen LogP) is 2.56. The summed E-state index contributed by atoms with van der Waals surface area (Å²) in [7, 11) is 0. The summed E-state index contributed by atoms with van der Waals surface area (Å²) in [5.74, 6) is 0.334. The molecule has 0 amide bonds. The molecule has 1 aromatic carbocycles. The van der Waals surface area contributed by atoms with Crippen molar-refractivity contribution >= 4 is 16.5 Å². The Morgan fingerprint density at radius 1 is 1.29 bits per heavy atom. The minimum atomic E-state index is 0.334. The third-order valence-electron chi connectivity index (χ3n) is 3.34. The molecule has 0 aliphatic carbocycles. The summed E-state index contributed by atoms with van der Waals surface area (Å²) >= 11 is 0. The van der Waals surface area contributed by atoms with Crippen molar-refractivity contribution in [2.75, 3.05) is 13.1 Å². The van der Waals surface area contributed by atoms with E-state index in [-0.39, 0.29) is 0 Å². The number of aromatic hydroxyl groups is 1. The van der Waals surface area contributed by atoms with Crippen molar-refractivity contribution in [1.29, 1.82) is 0 Å². The molecule has 3 rings (SSSR count). The summed E-state index contributed by atoms with van der Waals surface area (Å²) in [4.78, 5) is 3.30. The monoisotopic (exact) mass is 228 g/mol. The van der Waals surface area contributed by atoms with Gasteiger partial charge in [0.15, 0.2) is 0 Å². The SMILES string of the molecule is Cc1cc(O)cc2c(C3=CCCNC3)c[nH]c12. The fourth-order valence-corrected chi connectivity index (χ4v) is 2.51. The number of aromatic nitrogens is 1. The zero-order valence-corrected chi connectivity index (χ0v) is 9.88. The van der Waals surface area contributed by atoms with Crippen LogP contribution in [-0.2, 0) is 0 Å². The summed E-state index contributed by atoms with van der Waals surface area (Å²) in [5.41, 5.74) is 4.71. The molecule has 3 nitrogen and oxygen atoms in total. The van der Waals surface area contributed by atoms with Gasteiger partial charge in [-0.1, -0.05) is 6.08 Å². The Morgan fingerprint density at radius 2 is 2.18 bits per heavy atom. The number of aromatic amines is 1. The van der Waals surface area contributed by atoms with Crippen LogP contribution in [0.4, 0.5) is 0 Å². The average Bonchev–Trinajstić information content (AvgIpc) is 2.74. The zero-order chi connectivity index (χ0) is 11.8. The Hall–Kier alpha value is -1.74. The van der Waals surface area contributed by atoms with E-state index in [4.69, 9.17) is 0 Å². The number of H-pyrrole nitrogens is 1. The smallest absolute Gasteiger partial charge is 0.116 e. The maximum Gasteiger partial charge on any atom is 0.116 e. The molecule has 0 bridgehead atoms. The molecule has 1 aromatic heterocycles. The first-order valence-corrected chi connectivity index (χ1v) is 5.96. The largest absolute Gasteiger partial charge is 0.508 e. The Kier molecular flexibility index (Phi) is 2.41. The Bertz CT molecular complexity index is 596. The number of rotatable bonds is 1. The molecule has 1 aliphatic heterocycles. The topological polar surface area (TPSA) is 48.0 Å². The minimum absolute atomic E-state index is 0.334. The molecule has 0 spiro atoms. The van der Waals surface area contributed by atoms with Crippen LogP contribution in [0.25, 0.3) is 16.5 Å². The lowest BCUT2D eigenvalue weighted by Gasteiger charge is -2.13. The van der Waals surface area contributed by atoms with Gasteiger partial charge in [0.05, 0.1) is 0 Å². The minimum Gasteiger partial charge on any atom is -0.508 e. The molecule has 0 saturated carbocycles. The highest BCUT2D eigenvalue weighted by molar-refractivity contribution is 5.95. The van der Waals surface area contributed by atoms with Crippen LogP contribution in [0.5, 0.6) is 5.75 Å². The molecule has 0 radical (unpaired) electrons. The van der Waals surface area contributed by atoms with Crippen LogP contribution in [0.1, 0.15) is 17.5 Å². The summed E-state index contributed by atoms with van der Waals surface area (Å²) < 4.78 is 0. The Morgan fingerprint density at radius 3 is 2.94 bits per heavy atom. The maximum absolute atomic E-state index is 9.70. The molecule has 0 saturated heterocycles. The molecule has 2 aromatic rings. The van der Waals surface area contributed by atoms with Gasteiger partial charge in [-0.15, -0.1) is 0 Å². The number of hydrogen-bond donors (Lipinski definition) is 3. The molecule has 0 fully saturated rings. The van der Waals surface area contributed by atoms with Gasteiger partial charge in [0.2, 0.25) is 0 Å². The molecular weight excluding hydrogens is 212 g/mol. The van der Waals surface area contributed by atoms with Gasteiger partial charge in [0.1, 0.15) is 5.75 Å². The van der Waals surface area contributed by atoms with Crippen molar-refractivity contribution in [3.63, 3.8) is 0 Å². The Balaban J connectivity index is 2.20. The van der Waals surface area contributed by atoms with E-state index in [0.717, 1.165) is 36.0 Å². The lowest BCUT2D eigenvalue weighted by atomic mass is 10.0. The normalized spacial score (nSPS) is 16.2. The van der Waals surface area contributed by atoms with Gasteiger partial charge in [-0.25, -0.2) is 0 Å². The fourth-order valence-electron chi connectivity index (χ4n) is 2.51. The van der Waals surface area contributed by atoms with Gasteiger partial charge in [0, 0.05) is 29.2 Å². The van der Waals surface area contributed by atoms with E-state index in [0.29, 0.717) is 5.75 Å². The summed E-state index contributed by atoms with van der Waals surface area (Å²) in [6.45, 7) is 3.97. The summed E-state index contributed by atoms with van der Waals surface area (Å²) in [6, 6.07) is 3.62. The van der Waals surface area contributed by atoms with Crippen molar-refractivity contribution in [2.24, 2.45) is 0 Å². The van der Waals surface area contributed by atoms with E-state index >= 15 is 0 Å². The highest BCUT2D eigenvalue weighted by Crippen LogP contribution is 2.30. The van der Waals surface area contributed by atoms with Crippen LogP contribution in [0.15, 0.2) is 24.4 Å². The van der Waals surface area contributed by atoms with Gasteiger partial charge in [-0.05, 0) is 43.2 Å². The lowest BCUT2D eigenvalue weighted by Crippen LogP contribution is -2.21. The molecule has 3 heteroatoms. The number of nitrogens with one attached hydrogen (secondary N) is 2. The second-order valence-electron chi connectivity index (χ2n) is 4.58. The molecular formula is C14H16N2O. The molecule has 88 valence electrons. The first-order valence-electron chi connectivity index (χ1n) is 5.96. The quantitative estimate of drug-likeness (QED) is 0.702. The van der Waals surface area contributed by atoms with E-state index in [2.05, 4.69) is 16.4 Å². The number of hydrogen-bond acceptors (Lipinski definition) is 2. The average molecular weight is 228 g/mol. The highest BCUT2D eigenvalue weighted by atomic mass is 16.3. The number of aryl methyl sites for hydroxylation is 1. The van der Waals surface area contributed by atoms with E-state index < -0.39 is 0 Å². The highest BCUT2D eigenvalue weighted by Gasteiger charge is 2.12. The van der Waals surface area contributed by atoms with Gasteiger partial charge in [0.25, 0.3) is 0 Å². The van der Waals surface area contributed by atoms with E-state index in [9.17, 15) is 5.11 Å². The zero-order valence-electron chi connectivity index (χ0n) is 9.88. The van der Waals surface area contributed by atoms with E-state index in [1.165, 1.54) is 11.1 Å². The first kappa shape index (κ1) is 10.4. The third-order valence-corrected chi connectivity index (χ3v) is 3.34. The van der Waals surface area contributed by atoms with Gasteiger partial charge in [-0.3, -0.25) is 0 Å². The van der Waals surface area contributed by atoms with E-state index in [1.807, 2.05) is 19.2 Å². The molecule has 3 N–H and O–H groups in total.